The van der Waals surface area contributed by atoms with Crippen LogP contribution in [0, 0.1) is 0 Å². The Morgan fingerprint density at radius 3 is 2.74 bits per heavy atom. The van der Waals surface area contributed by atoms with Gasteiger partial charge in [0.1, 0.15) is 0 Å². The first-order valence-corrected chi connectivity index (χ1v) is 7.20. The summed E-state index contributed by atoms with van der Waals surface area (Å²) in [5.41, 5.74) is 8.27. The van der Waals surface area contributed by atoms with E-state index in [1.165, 1.54) is 5.69 Å². The highest BCUT2D eigenvalue weighted by Crippen LogP contribution is 2.26. The van der Waals surface area contributed by atoms with Crippen molar-refractivity contribution in [2.75, 3.05) is 0 Å². The minimum atomic E-state index is 0.198. The second-order valence-corrected chi connectivity index (χ2v) is 5.50. The van der Waals surface area contributed by atoms with Crippen LogP contribution in [0.1, 0.15) is 24.6 Å². The number of benzene rings is 1. The molecule has 0 fully saturated rings. The molecule has 0 bridgehead atoms. The summed E-state index contributed by atoms with van der Waals surface area (Å²) in [5.74, 6) is 0. The molecule has 2 aromatic rings. The largest absolute Gasteiger partial charge is 0.347 e. The first-order valence-electron chi connectivity index (χ1n) is 6.44. The van der Waals surface area contributed by atoms with Crippen molar-refractivity contribution in [3.8, 4) is 0 Å². The molecule has 0 saturated carbocycles. The summed E-state index contributed by atoms with van der Waals surface area (Å²) < 4.78 is 2.17. The van der Waals surface area contributed by atoms with E-state index < -0.39 is 0 Å². The van der Waals surface area contributed by atoms with Crippen molar-refractivity contribution >= 4 is 23.2 Å². The van der Waals surface area contributed by atoms with Crippen molar-refractivity contribution < 1.29 is 0 Å². The summed E-state index contributed by atoms with van der Waals surface area (Å²) in [6, 6.07) is 10.1. The molecule has 0 aliphatic carbocycles. The van der Waals surface area contributed by atoms with Gasteiger partial charge >= 0.3 is 0 Å². The van der Waals surface area contributed by atoms with Gasteiger partial charge in [-0.1, -0.05) is 42.3 Å². The summed E-state index contributed by atoms with van der Waals surface area (Å²) in [6.45, 7) is 2.82. The van der Waals surface area contributed by atoms with E-state index in [4.69, 9.17) is 28.9 Å². The monoisotopic (exact) mass is 296 g/mol. The van der Waals surface area contributed by atoms with Crippen molar-refractivity contribution in [2.45, 2.75) is 32.4 Å². The lowest BCUT2D eigenvalue weighted by Gasteiger charge is -2.14. The van der Waals surface area contributed by atoms with Gasteiger partial charge in [-0.2, -0.15) is 0 Å². The van der Waals surface area contributed by atoms with Crippen LogP contribution in [0.25, 0.3) is 0 Å². The summed E-state index contributed by atoms with van der Waals surface area (Å²) in [5, 5.41) is 1.22. The van der Waals surface area contributed by atoms with E-state index in [-0.39, 0.29) is 6.04 Å². The van der Waals surface area contributed by atoms with E-state index in [1.54, 1.807) is 6.07 Å². The van der Waals surface area contributed by atoms with Gasteiger partial charge in [0.05, 0.1) is 10.0 Å². The van der Waals surface area contributed by atoms with Gasteiger partial charge in [0, 0.05) is 30.9 Å². The third-order valence-corrected chi connectivity index (χ3v) is 4.15. The van der Waals surface area contributed by atoms with Crippen LogP contribution < -0.4 is 5.73 Å². The molecule has 1 unspecified atom stereocenters. The zero-order chi connectivity index (χ0) is 13.8. The van der Waals surface area contributed by atoms with Crippen LogP contribution in [0.5, 0.6) is 0 Å². The van der Waals surface area contributed by atoms with Crippen molar-refractivity contribution in [1.82, 2.24) is 4.57 Å². The normalized spacial score (nSPS) is 12.6. The molecule has 0 saturated heterocycles. The molecule has 0 aliphatic rings. The molecular formula is C15H18Cl2N2. The SMILES string of the molecule is CCC(N)Cc1cccn1Cc1cccc(Cl)c1Cl. The summed E-state index contributed by atoms with van der Waals surface area (Å²) in [6.07, 6.45) is 3.90. The first kappa shape index (κ1) is 14.4. The second-order valence-electron chi connectivity index (χ2n) is 4.71. The number of nitrogens with two attached hydrogens (primary N) is 1. The van der Waals surface area contributed by atoms with E-state index in [9.17, 15) is 0 Å². The minimum Gasteiger partial charge on any atom is -0.347 e. The number of halogens is 2. The van der Waals surface area contributed by atoms with Crippen LogP contribution in [0.15, 0.2) is 36.5 Å². The summed E-state index contributed by atoms with van der Waals surface area (Å²) in [4.78, 5) is 0. The standard InChI is InChI=1S/C15H18Cl2N2/c1-2-12(18)9-13-6-4-8-19(13)10-11-5-3-7-14(16)15(11)17/h3-8,12H,2,9-10,18H2,1H3. The fourth-order valence-corrected chi connectivity index (χ4v) is 2.44. The van der Waals surface area contributed by atoms with Gasteiger partial charge in [0.25, 0.3) is 0 Å². The average molecular weight is 297 g/mol. The topological polar surface area (TPSA) is 30.9 Å². The maximum absolute atomic E-state index is 6.23. The van der Waals surface area contributed by atoms with Gasteiger partial charge < -0.3 is 10.3 Å². The molecule has 0 aliphatic heterocycles. The molecule has 102 valence electrons. The van der Waals surface area contributed by atoms with Gasteiger partial charge in [-0.25, -0.2) is 0 Å². The quantitative estimate of drug-likeness (QED) is 0.884. The lowest BCUT2D eigenvalue weighted by Crippen LogP contribution is -2.23. The molecule has 19 heavy (non-hydrogen) atoms. The number of rotatable bonds is 5. The highest BCUT2D eigenvalue weighted by molar-refractivity contribution is 6.42. The Morgan fingerprint density at radius 1 is 1.21 bits per heavy atom. The van der Waals surface area contributed by atoms with Crippen molar-refractivity contribution in [2.24, 2.45) is 5.73 Å². The van der Waals surface area contributed by atoms with Crippen LogP contribution in [-0.2, 0) is 13.0 Å². The Kier molecular flexibility index (Phi) is 4.92. The Morgan fingerprint density at radius 2 is 2.00 bits per heavy atom. The Labute approximate surface area is 124 Å². The van der Waals surface area contributed by atoms with Gasteiger partial charge in [0.15, 0.2) is 0 Å². The molecule has 4 heteroatoms. The highest BCUT2D eigenvalue weighted by Gasteiger charge is 2.09. The molecule has 0 radical (unpaired) electrons. The average Bonchev–Trinajstić information content (AvgIpc) is 2.82. The van der Waals surface area contributed by atoms with Crippen molar-refractivity contribution in [1.29, 1.82) is 0 Å². The predicted octanol–water partition coefficient (Wildman–Crippen LogP) is 4.12. The van der Waals surface area contributed by atoms with Crippen LogP contribution in [0.4, 0.5) is 0 Å². The van der Waals surface area contributed by atoms with Crippen LogP contribution in [-0.4, -0.2) is 10.6 Å². The molecular weight excluding hydrogens is 279 g/mol. The third-order valence-electron chi connectivity index (χ3n) is 3.29. The van der Waals surface area contributed by atoms with Gasteiger partial charge in [-0.15, -0.1) is 0 Å². The lowest BCUT2D eigenvalue weighted by molar-refractivity contribution is 0.610. The van der Waals surface area contributed by atoms with E-state index in [1.807, 2.05) is 18.2 Å². The smallest absolute Gasteiger partial charge is 0.0642 e. The number of nitrogens with zero attached hydrogens (tertiary/aromatic N) is 1. The fourth-order valence-electron chi connectivity index (χ4n) is 2.06. The van der Waals surface area contributed by atoms with E-state index >= 15 is 0 Å². The van der Waals surface area contributed by atoms with E-state index in [0.717, 1.165) is 24.9 Å². The molecule has 1 atom stereocenters. The highest BCUT2D eigenvalue weighted by atomic mass is 35.5. The third kappa shape index (κ3) is 3.53. The van der Waals surface area contributed by atoms with Crippen molar-refractivity contribution in [3.63, 3.8) is 0 Å². The van der Waals surface area contributed by atoms with Crippen LogP contribution >= 0.6 is 23.2 Å². The second kappa shape index (κ2) is 6.47. The molecule has 2 nitrogen and oxygen atoms in total. The Hall–Kier alpha value is -0.960. The first-order chi connectivity index (χ1) is 9.11. The summed E-state index contributed by atoms with van der Waals surface area (Å²) >= 11 is 12.3. The van der Waals surface area contributed by atoms with Crippen LogP contribution in [0.2, 0.25) is 10.0 Å². The van der Waals surface area contributed by atoms with Gasteiger partial charge in [-0.3, -0.25) is 0 Å². The number of hydrogen-bond acceptors (Lipinski definition) is 1. The number of aromatic nitrogens is 1. The van der Waals surface area contributed by atoms with E-state index in [0.29, 0.717) is 10.0 Å². The fraction of sp³-hybridized carbons (Fsp3) is 0.333. The molecule has 1 aromatic heterocycles. The van der Waals surface area contributed by atoms with Gasteiger partial charge in [-0.05, 0) is 30.2 Å². The predicted molar refractivity (Wildman–Crippen MR) is 82.0 cm³/mol. The maximum Gasteiger partial charge on any atom is 0.0642 e. The number of hydrogen-bond donors (Lipinski definition) is 1. The zero-order valence-corrected chi connectivity index (χ0v) is 12.5. The molecule has 2 rings (SSSR count). The minimum absolute atomic E-state index is 0.198. The van der Waals surface area contributed by atoms with Gasteiger partial charge in [0.2, 0.25) is 0 Å². The Balaban J connectivity index is 2.20. The molecule has 1 heterocycles. The molecule has 2 N–H and O–H groups in total. The molecule has 0 spiro atoms. The maximum atomic E-state index is 6.23. The lowest BCUT2D eigenvalue weighted by atomic mass is 10.1. The zero-order valence-electron chi connectivity index (χ0n) is 10.9. The van der Waals surface area contributed by atoms with E-state index in [2.05, 4.69) is 23.8 Å². The molecule has 0 amide bonds. The van der Waals surface area contributed by atoms with Crippen molar-refractivity contribution in [3.05, 3.63) is 57.8 Å². The summed E-state index contributed by atoms with van der Waals surface area (Å²) in [7, 11) is 0. The van der Waals surface area contributed by atoms with Crippen LogP contribution in [0.3, 0.4) is 0 Å². The Bertz CT molecular complexity index is 549. The molecule has 1 aromatic carbocycles.